The highest BCUT2D eigenvalue weighted by molar-refractivity contribution is 7.88. The largest absolute Gasteiger partial charge is 0.375 e. The van der Waals surface area contributed by atoms with E-state index in [1.165, 1.54) is 29.2 Å². The first kappa shape index (κ1) is 15.3. The highest BCUT2D eigenvalue weighted by Gasteiger charge is 2.40. The molecule has 2 aliphatic heterocycles. The van der Waals surface area contributed by atoms with Crippen molar-refractivity contribution in [3.05, 3.63) is 24.3 Å². The smallest absolute Gasteiger partial charge is 0.274 e. The molecule has 2 aliphatic rings. The Labute approximate surface area is 129 Å². The number of amides is 1. The third-order valence-electron chi connectivity index (χ3n) is 4.03. The minimum Gasteiger partial charge on any atom is -0.375 e. The SMILES string of the molecule is CS(=O)(=O)N1CCO[C@H]2CN(C(=O)c3cnccn3)C[C@H]2C1. The molecule has 2 fully saturated rings. The van der Waals surface area contributed by atoms with Crippen LogP contribution in [-0.4, -0.2) is 78.6 Å². The van der Waals surface area contributed by atoms with E-state index in [-0.39, 0.29) is 17.9 Å². The van der Waals surface area contributed by atoms with E-state index >= 15 is 0 Å². The molecule has 0 aliphatic carbocycles. The van der Waals surface area contributed by atoms with Crippen LogP contribution in [0.3, 0.4) is 0 Å². The van der Waals surface area contributed by atoms with Crippen molar-refractivity contribution >= 4 is 15.9 Å². The van der Waals surface area contributed by atoms with Crippen LogP contribution in [0.25, 0.3) is 0 Å². The summed E-state index contributed by atoms with van der Waals surface area (Å²) in [4.78, 5) is 22.0. The first-order chi connectivity index (χ1) is 10.4. The number of hydrogen-bond acceptors (Lipinski definition) is 6. The van der Waals surface area contributed by atoms with Gasteiger partial charge in [0.25, 0.3) is 5.91 Å². The van der Waals surface area contributed by atoms with Crippen molar-refractivity contribution in [3.8, 4) is 0 Å². The van der Waals surface area contributed by atoms with E-state index in [0.717, 1.165) is 0 Å². The lowest BCUT2D eigenvalue weighted by Crippen LogP contribution is -2.37. The maximum absolute atomic E-state index is 12.4. The molecule has 1 aromatic heterocycles. The summed E-state index contributed by atoms with van der Waals surface area (Å²) in [6.07, 6.45) is 5.49. The van der Waals surface area contributed by atoms with Crippen LogP contribution in [0.15, 0.2) is 18.6 Å². The molecule has 1 amide bonds. The Bertz CT molecular complexity index is 651. The Hall–Kier alpha value is -1.58. The Morgan fingerprint density at radius 1 is 1.32 bits per heavy atom. The molecule has 120 valence electrons. The van der Waals surface area contributed by atoms with Gasteiger partial charge in [0.15, 0.2) is 0 Å². The van der Waals surface area contributed by atoms with Gasteiger partial charge in [-0.1, -0.05) is 0 Å². The molecule has 0 radical (unpaired) electrons. The lowest BCUT2D eigenvalue weighted by atomic mass is 10.1. The van der Waals surface area contributed by atoms with E-state index in [1.54, 1.807) is 4.90 Å². The summed E-state index contributed by atoms with van der Waals surface area (Å²) in [5.41, 5.74) is 0.291. The Morgan fingerprint density at radius 2 is 2.14 bits per heavy atom. The van der Waals surface area contributed by atoms with Crippen LogP contribution in [-0.2, 0) is 14.8 Å². The number of likely N-dealkylation sites (tertiary alicyclic amines) is 1. The fourth-order valence-electron chi connectivity index (χ4n) is 2.90. The van der Waals surface area contributed by atoms with Crippen molar-refractivity contribution < 1.29 is 17.9 Å². The molecule has 0 bridgehead atoms. The third-order valence-corrected chi connectivity index (χ3v) is 5.30. The quantitative estimate of drug-likeness (QED) is 0.707. The zero-order chi connectivity index (χ0) is 15.7. The molecule has 9 heteroatoms. The lowest BCUT2D eigenvalue weighted by molar-refractivity contribution is 0.0490. The van der Waals surface area contributed by atoms with Crippen molar-refractivity contribution in [2.75, 3.05) is 39.0 Å². The molecule has 0 unspecified atom stereocenters. The minimum absolute atomic E-state index is 0.0159. The van der Waals surface area contributed by atoms with Crippen LogP contribution in [0, 0.1) is 5.92 Å². The molecular formula is C13H18N4O4S. The summed E-state index contributed by atoms with van der Waals surface area (Å²) in [6.45, 7) is 2.02. The predicted molar refractivity (Wildman–Crippen MR) is 77.6 cm³/mol. The van der Waals surface area contributed by atoms with Crippen LogP contribution in [0.1, 0.15) is 10.5 Å². The first-order valence-corrected chi connectivity index (χ1v) is 8.92. The molecule has 0 spiro atoms. The van der Waals surface area contributed by atoms with Crippen LogP contribution in [0.5, 0.6) is 0 Å². The van der Waals surface area contributed by atoms with E-state index in [2.05, 4.69) is 9.97 Å². The van der Waals surface area contributed by atoms with Crippen LogP contribution < -0.4 is 0 Å². The van der Waals surface area contributed by atoms with E-state index in [0.29, 0.717) is 38.5 Å². The lowest BCUT2D eigenvalue weighted by Gasteiger charge is -2.21. The van der Waals surface area contributed by atoms with Crippen LogP contribution in [0.2, 0.25) is 0 Å². The van der Waals surface area contributed by atoms with Crippen molar-refractivity contribution in [3.63, 3.8) is 0 Å². The van der Waals surface area contributed by atoms with Crippen LogP contribution >= 0.6 is 0 Å². The number of ether oxygens (including phenoxy) is 1. The Morgan fingerprint density at radius 3 is 2.82 bits per heavy atom. The van der Waals surface area contributed by atoms with E-state index < -0.39 is 10.0 Å². The monoisotopic (exact) mass is 326 g/mol. The summed E-state index contributed by atoms with van der Waals surface area (Å²) in [7, 11) is -3.25. The van der Waals surface area contributed by atoms with Gasteiger partial charge in [0, 0.05) is 44.5 Å². The fraction of sp³-hybridized carbons (Fsp3) is 0.615. The molecule has 2 saturated heterocycles. The average Bonchev–Trinajstić information content (AvgIpc) is 2.78. The molecule has 3 heterocycles. The molecule has 8 nitrogen and oxygen atoms in total. The summed E-state index contributed by atoms with van der Waals surface area (Å²) in [5.74, 6) is -0.214. The van der Waals surface area contributed by atoms with Gasteiger partial charge >= 0.3 is 0 Å². The number of carbonyl (C=O) groups excluding carboxylic acids is 1. The molecule has 2 atom stereocenters. The summed E-state index contributed by atoms with van der Waals surface area (Å²) in [5, 5.41) is 0. The highest BCUT2D eigenvalue weighted by atomic mass is 32.2. The van der Waals surface area contributed by atoms with Crippen molar-refractivity contribution in [2.24, 2.45) is 5.92 Å². The number of sulfonamides is 1. The topological polar surface area (TPSA) is 92.7 Å². The van der Waals surface area contributed by atoms with Gasteiger partial charge in [-0.25, -0.2) is 13.4 Å². The van der Waals surface area contributed by atoms with Gasteiger partial charge in [0.2, 0.25) is 10.0 Å². The zero-order valence-corrected chi connectivity index (χ0v) is 13.1. The molecule has 0 saturated carbocycles. The maximum Gasteiger partial charge on any atom is 0.274 e. The first-order valence-electron chi connectivity index (χ1n) is 7.07. The average molecular weight is 326 g/mol. The summed E-state index contributed by atoms with van der Waals surface area (Å²) >= 11 is 0. The fourth-order valence-corrected chi connectivity index (χ4v) is 3.77. The molecule has 0 N–H and O–H groups in total. The van der Waals surface area contributed by atoms with Gasteiger partial charge in [-0.3, -0.25) is 9.78 Å². The minimum atomic E-state index is -3.25. The summed E-state index contributed by atoms with van der Waals surface area (Å²) < 4.78 is 30.6. The summed E-state index contributed by atoms with van der Waals surface area (Å²) in [6, 6.07) is 0. The van der Waals surface area contributed by atoms with E-state index in [1.807, 2.05) is 0 Å². The van der Waals surface area contributed by atoms with Gasteiger partial charge in [0.1, 0.15) is 5.69 Å². The Kier molecular flexibility index (Phi) is 4.11. The van der Waals surface area contributed by atoms with Crippen molar-refractivity contribution in [1.82, 2.24) is 19.2 Å². The Balaban J connectivity index is 1.72. The van der Waals surface area contributed by atoms with Crippen LogP contribution in [0.4, 0.5) is 0 Å². The molecule has 1 aromatic rings. The standard InChI is InChI=1S/C13H18N4O4S/c1-22(19,20)17-4-5-21-12-9-16(7-10(12)8-17)13(18)11-6-14-2-3-15-11/h2-3,6,10,12H,4-5,7-9H2,1H3/t10-,12-/m0/s1. The van der Waals surface area contributed by atoms with Crippen molar-refractivity contribution in [2.45, 2.75) is 6.10 Å². The molecule has 3 rings (SSSR count). The number of fused-ring (bicyclic) bond motifs is 1. The van der Waals surface area contributed by atoms with Gasteiger partial charge < -0.3 is 9.64 Å². The second-order valence-electron chi connectivity index (χ2n) is 5.59. The maximum atomic E-state index is 12.4. The second kappa shape index (κ2) is 5.90. The number of rotatable bonds is 2. The predicted octanol–water partition coefficient (Wildman–Crippen LogP) is -0.791. The van der Waals surface area contributed by atoms with Gasteiger partial charge in [0.05, 0.1) is 25.2 Å². The molecule has 22 heavy (non-hydrogen) atoms. The number of hydrogen-bond donors (Lipinski definition) is 0. The molecular weight excluding hydrogens is 308 g/mol. The number of nitrogens with zero attached hydrogens (tertiary/aromatic N) is 4. The highest BCUT2D eigenvalue weighted by Crippen LogP contribution is 2.25. The zero-order valence-electron chi connectivity index (χ0n) is 12.3. The van der Waals surface area contributed by atoms with E-state index in [9.17, 15) is 13.2 Å². The molecule has 0 aromatic carbocycles. The normalized spacial score (nSPS) is 26.5. The second-order valence-corrected chi connectivity index (χ2v) is 7.57. The van der Waals surface area contributed by atoms with Gasteiger partial charge in [-0.2, -0.15) is 4.31 Å². The van der Waals surface area contributed by atoms with Gasteiger partial charge in [-0.15, -0.1) is 0 Å². The van der Waals surface area contributed by atoms with Crippen molar-refractivity contribution in [1.29, 1.82) is 0 Å². The number of carbonyl (C=O) groups is 1. The van der Waals surface area contributed by atoms with E-state index in [4.69, 9.17) is 4.74 Å². The van der Waals surface area contributed by atoms with Gasteiger partial charge in [-0.05, 0) is 0 Å². The number of aromatic nitrogens is 2. The third kappa shape index (κ3) is 3.11.